The van der Waals surface area contributed by atoms with Crippen LogP contribution in [0.1, 0.15) is 20.7 Å². The van der Waals surface area contributed by atoms with Gasteiger partial charge in [-0.15, -0.1) is 0 Å². The fourth-order valence-electron chi connectivity index (χ4n) is 2.56. The highest BCUT2D eigenvalue weighted by Crippen LogP contribution is 2.38. The molecule has 0 aliphatic rings. The summed E-state index contributed by atoms with van der Waals surface area (Å²) in [4.78, 5) is 39.4. The van der Waals surface area contributed by atoms with Gasteiger partial charge in [0, 0.05) is 23.2 Å². The van der Waals surface area contributed by atoms with Crippen molar-refractivity contribution in [3.8, 4) is 0 Å². The minimum absolute atomic E-state index is 0.00158. The van der Waals surface area contributed by atoms with Gasteiger partial charge in [-0.3, -0.25) is 14.4 Å². The van der Waals surface area contributed by atoms with Crippen LogP contribution in [0.2, 0.25) is 0 Å². The number of aliphatic hydroxyl groups excluding tert-OH is 6. The smallest absolute Gasteiger partial charge is 0.253 e. The molecule has 0 aliphatic heterocycles. The zero-order valence-corrected chi connectivity index (χ0v) is 23.6. The number of nitrogens with one attached hydrogen (secondary N) is 2. The lowest BCUT2D eigenvalue weighted by molar-refractivity contribution is -0.121. The summed E-state index contributed by atoms with van der Waals surface area (Å²) >= 11 is 5.41. The van der Waals surface area contributed by atoms with Gasteiger partial charge in [0.25, 0.3) is 17.7 Å². The summed E-state index contributed by atoms with van der Waals surface area (Å²) in [7, 11) is 0. The van der Waals surface area contributed by atoms with Crippen molar-refractivity contribution in [2.45, 2.75) is 12.2 Å². The first-order valence-electron chi connectivity index (χ1n) is 9.42. The molecule has 186 valence electrons. The Morgan fingerprint density at radius 3 is 1.55 bits per heavy atom. The number of amides is 3. The molecular weight excluding hydrogens is 783 g/mol. The van der Waals surface area contributed by atoms with Gasteiger partial charge in [-0.2, -0.15) is 0 Å². The van der Waals surface area contributed by atoms with Crippen LogP contribution in [-0.4, -0.2) is 107 Å². The molecule has 0 saturated carbocycles. The molecule has 1 aromatic rings. The van der Waals surface area contributed by atoms with E-state index < -0.39 is 56.4 Å². The number of hydrogen-bond acceptors (Lipinski definition) is 9. The van der Waals surface area contributed by atoms with Crippen LogP contribution in [-0.2, 0) is 4.79 Å². The van der Waals surface area contributed by atoms with E-state index in [4.69, 9.17) is 10.2 Å². The summed E-state index contributed by atoms with van der Waals surface area (Å²) in [5.41, 5.74) is 0.113. The molecule has 0 aromatic heterocycles. The number of halogens is 3. The van der Waals surface area contributed by atoms with Crippen LogP contribution >= 0.6 is 67.8 Å². The van der Waals surface area contributed by atoms with Crippen molar-refractivity contribution in [2.75, 3.05) is 51.0 Å². The molecule has 0 fully saturated rings. The van der Waals surface area contributed by atoms with Crippen LogP contribution in [0.15, 0.2) is 0 Å². The Hall–Kier alpha value is -0.420. The molecule has 0 heterocycles. The van der Waals surface area contributed by atoms with Crippen LogP contribution in [0.5, 0.6) is 0 Å². The number of anilines is 1. The summed E-state index contributed by atoms with van der Waals surface area (Å²) in [5, 5.41) is 60.8. The molecule has 0 aliphatic carbocycles. The topological polar surface area (TPSA) is 200 Å². The Balaban J connectivity index is 3.71. The number of aliphatic hydroxyl groups is 6. The molecule has 2 atom stereocenters. The number of nitrogens with zero attached hydrogens (tertiary/aromatic N) is 1. The Labute approximate surface area is 230 Å². The zero-order valence-electron chi connectivity index (χ0n) is 17.1. The predicted octanol–water partition coefficient (Wildman–Crippen LogP) is -2.02. The third-order valence-corrected chi connectivity index (χ3v) is 7.38. The minimum Gasteiger partial charge on any atom is -0.395 e. The van der Waals surface area contributed by atoms with Crippen molar-refractivity contribution < 1.29 is 45.0 Å². The van der Waals surface area contributed by atoms with Gasteiger partial charge in [0.15, 0.2) is 0 Å². The van der Waals surface area contributed by atoms with Gasteiger partial charge in [0.05, 0.1) is 56.0 Å². The first-order chi connectivity index (χ1) is 15.5. The van der Waals surface area contributed by atoms with Crippen LogP contribution in [0.3, 0.4) is 0 Å². The van der Waals surface area contributed by atoms with Crippen molar-refractivity contribution in [2.24, 2.45) is 0 Å². The fraction of sp³-hybridized carbons (Fsp3) is 0.500. The first kappa shape index (κ1) is 30.6. The van der Waals surface area contributed by atoms with E-state index in [-0.39, 0.29) is 47.2 Å². The van der Waals surface area contributed by atoms with E-state index in [1.807, 2.05) is 45.2 Å². The average molecular weight is 807 g/mol. The number of carbonyl (C=O) groups excluding carboxylic acids is 3. The van der Waals surface area contributed by atoms with Gasteiger partial charge in [-0.05, 0) is 67.8 Å². The van der Waals surface area contributed by atoms with Crippen LogP contribution < -0.4 is 15.5 Å². The Morgan fingerprint density at radius 1 is 0.788 bits per heavy atom. The molecule has 0 unspecified atom stereocenters. The number of hydrogen-bond donors (Lipinski definition) is 8. The monoisotopic (exact) mass is 807 g/mol. The summed E-state index contributed by atoms with van der Waals surface area (Å²) in [6.45, 7) is -3.28. The standard InChI is InChI=1S/C18H24I3N3O9/c19-13-11(17(32)22-3-8(29)5-26)14(20)16(24(1-2-25)10(31)7-28)15(21)12(13)18(33)23-4-9(30)6-27/h8-9,25-30H,1-7H2,(H,22,32)(H,23,33)/t8-,9-/m0/s1. The molecule has 33 heavy (non-hydrogen) atoms. The summed E-state index contributed by atoms with van der Waals surface area (Å²) in [5.74, 6) is -2.16. The summed E-state index contributed by atoms with van der Waals surface area (Å²) < 4.78 is 0.705. The maximum Gasteiger partial charge on any atom is 0.253 e. The molecule has 0 bridgehead atoms. The van der Waals surface area contributed by atoms with E-state index >= 15 is 0 Å². The second-order valence-electron chi connectivity index (χ2n) is 6.56. The third-order valence-electron chi connectivity index (χ3n) is 4.20. The molecule has 0 radical (unpaired) electrons. The number of benzene rings is 1. The molecule has 0 saturated heterocycles. The van der Waals surface area contributed by atoms with E-state index in [1.54, 1.807) is 22.6 Å². The van der Waals surface area contributed by atoms with Crippen LogP contribution in [0.25, 0.3) is 0 Å². The molecule has 1 rings (SSSR count). The normalized spacial score (nSPS) is 12.8. The van der Waals surface area contributed by atoms with Gasteiger partial charge in [-0.1, -0.05) is 0 Å². The zero-order chi connectivity index (χ0) is 25.3. The molecular formula is C18H24I3N3O9. The highest BCUT2D eigenvalue weighted by Gasteiger charge is 2.32. The van der Waals surface area contributed by atoms with E-state index in [1.165, 1.54) is 0 Å². The first-order valence-corrected chi connectivity index (χ1v) is 12.7. The minimum atomic E-state index is -1.21. The molecule has 0 spiro atoms. The SMILES string of the molecule is O=C(NC[C@H](O)CO)c1c(I)c(C(=O)NC[C@H](O)CO)c(I)c(N(CCO)C(=O)CO)c1I. The fourth-order valence-corrected chi connectivity index (χ4v) is 7.29. The Kier molecular flexibility index (Phi) is 13.8. The lowest BCUT2D eigenvalue weighted by atomic mass is 10.1. The second kappa shape index (κ2) is 14.9. The van der Waals surface area contributed by atoms with Gasteiger partial charge in [-0.25, -0.2) is 0 Å². The highest BCUT2D eigenvalue weighted by molar-refractivity contribution is 14.1. The average Bonchev–Trinajstić information content (AvgIpc) is 2.79. The van der Waals surface area contributed by atoms with Crippen LogP contribution in [0, 0.1) is 10.7 Å². The molecule has 3 amide bonds. The lowest BCUT2D eigenvalue weighted by Crippen LogP contribution is -2.40. The van der Waals surface area contributed by atoms with Gasteiger partial charge in [0.1, 0.15) is 6.61 Å². The third kappa shape index (κ3) is 8.05. The maximum atomic E-state index is 13.0. The van der Waals surface area contributed by atoms with E-state index in [0.717, 1.165) is 4.90 Å². The molecule has 8 N–H and O–H groups in total. The van der Waals surface area contributed by atoms with E-state index in [0.29, 0.717) is 0 Å². The predicted molar refractivity (Wildman–Crippen MR) is 142 cm³/mol. The number of rotatable bonds is 12. The van der Waals surface area contributed by atoms with Gasteiger partial charge in [0.2, 0.25) is 0 Å². The Bertz CT molecular complexity index is 819. The maximum absolute atomic E-state index is 13.0. The largest absolute Gasteiger partial charge is 0.395 e. The quantitative estimate of drug-likeness (QED) is 0.110. The number of carbonyl (C=O) groups is 3. The molecule has 12 nitrogen and oxygen atoms in total. The van der Waals surface area contributed by atoms with Crippen molar-refractivity contribution >= 4 is 91.2 Å². The van der Waals surface area contributed by atoms with Crippen LogP contribution in [0.4, 0.5) is 5.69 Å². The summed E-state index contributed by atoms with van der Waals surface area (Å²) in [6, 6.07) is 0. The lowest BCUT2D eigenvalue weighted by Gasteiger charge is -2.27. The molecule has 15 heteroatoms. The van der Waals surface area contributed by atoms with Crippen molar-refractivity contribution in [3.05, 3.63) is 21.8 Å². The van der Waals surface area contributed by atoms with Crippen molar-refractivity contribution in [3.63, 3.8) is 0 Å². The summed E-state index contributed by atoms with van der Waals surface area (Å²) in [6.07, 6.45) is -2.42. The highest BCUT2D eigenvalue weighted by atomic mass is 127. The molecule has 1 aromatic carbocycles. The second-order valence-corrected chi connectivity index (χ2v) is 9.80. The van der Waals surface area contributed by atoms with Gasteiger partial charge >= 0.3 is 0 Å². The van der Waals surface area contributed by atoms with Gasteiger partial charge < -0.3 is 46.2 Å². The van der Waals surface area contributed by atoms with Crippen molar-refractivity contribution in [1.82, 2.24) is 10.6 Å². The van der Waals surface area contributed by atoms with E-state index in [9.17, 15) is 34.8 Å². The van der Waals surface area contributed by atoms with Crippen molar-refractivity contribution in [1.29, 1.82) is 0 Å². The Morgan fingerprint density at radius 2 is 1.21 bits per heavy atom. The van der Waals surface area contributed by atoms with E-state index in [2.05, 4.69) is 10.6 Å².